The van der Waals surface area contributed by atoms with Crippen LogP contribution >= 0.6 is 39.1 Å². The zero-order valence-electron chi connectivity index (χ0n) is 24.0. The molecule has 0 saturated heterocycles. The molecule has 2 amide bonds. The maximum absolute atomic E-state index is 14.4. The quantitative estimate of drug-likeness (QED) is 0.160. The first-order valence-corrected chi connectivity index (χ1v) is 17.0. The summed E-state index contributed by atoms with van der Waals surface area (Å²) in [5, 5.41) is 3.31. The van der Waals surface area contributed by atoms with Crippen LogP contribution in [0.3, 0.4) is 0 Å². The van der Waals surface area contributed by atoms with Crippen molar-refractivity contribution in [3.05, 3.63) is 129 Å². The predicted octanol–water partition coefficient (Wildman–Crippen LogP) is 7.12. The number of halogens is 3. The van der Waals surface area contributed by atoms with Gasteiger partial charge in [0.15, 0.2) is 0 Å². The number of carbonyl (C=O) groups is 2. The Morgan fingerprint density at radius 1 is 0.864 bits per heavy atom. The van der Waals surface area contributed by atoms with E-state index in [1.54, 1.807) is 18.2 Å². The van der Waals surface area contributed by atoms with Gasteiger partial charge in [-0.2, -0.15) is 0 Å². The van der Waals surface area contributed by atoms with Crippen molar-refractivity contribution in [2.45, 2.75) is 37.2 Å². The normalized spacial score (nSPS) is 11.9. The summed E-state index contributed by atoms with van der Waals surface area (Å²) in [5.74, 6) is -0.913. The van der Waals surface area contributed by atoms with Crippen molar-refractivity contribution in [2.24, 2.45) is 0 Å². The maximum atomic E-state index is 14.4. The van der Waals surface area contributed by atoms with E-state index in [0.29, 0.717) is 18.0 Å². The van der Waals surface area contributed by atoms with Crippen LogP contribution in [-0.4, -0.2) is 44.3 Å². The molecule has 0 spiro atoms. The Kier molecular flexibility index (Phi) is 11.9. The van der Waals surface area contributed by atoms with E-state index in [2.05, 4.69) is 21.2 Å². The number of nitrogens with one attached hydrogen (secondary N) is 1. The summed E-state index contributed by atoms with van der Waals surface area (Å²) < 4.78 is 29.9. The molecule has 0 heterocycles. The molecule has 0 aliphatic carbocycles. The number of nitrogens with zero attached hydrogens (tertiary/aromatic N) is 2. The lowest BCUT2D eigenvalue weighted by atomic mass is 10.0. The van der Waals surface area contributed by atoms with Gasteiger partial charge >= 0.3 is 0 Å². The highest BCUT2D eigenvalue weighted by atomic mass is 79.9. The standard InChI is InChI=1S/C33H32BrCl2N3O4S/c1-2-18-37-33(41)31(20-24-10-5-3-6-11-24)38(22-25-12-9-13-26(34)19-25)32(40)23-39(30-17-16-27(35)21-29(30)36)44(42,43)28-14-7-4-8-15-28/h3-17,19,21,31H,2,18,20,22-23H2,1H3,(H,37,41)/t31-/m0/s1. The number of amides is 2. The molecule has 0 radical (unpaired) electrons. The molecule has 4 aromatic rings. The minimum Gasteiger partial charge on any atom is -0.354 e. The highest BCUT2D eigenvalue weighted by Crippen LogP contribution is 2.33. The molecule has 0 aliphatic rings. The van der Waals surface area contributed by atoms with Crippen LogP contribution in [0.4, 0.5) is 5.69 Å². The van der Waals surface area contributed by atoms with Crippen LogP contribution in [0.5, 0.6) is 0 Å². The van der Waals surface area contributed by atoms with E-state index in [1.807, 2.05) is 61.5 Å². The number of sulfonamides is 1. The van der Waals surface area contributed by atoms with Crippen molar-refractivity contribution in [2.75, 3.05) is 17.4 Å². The van der Waals surface area contributed by atoms with E-state index in [0.717, 1.165) is 19.9 Å². The predicted molar refractivity (Wildman–Crippen MR) is 179 cm³/mol. The summed E-state index contributed by atoms with van der Waals surface area (Å²) in [5.41, 5.74) is 1.70. The monoisotopic (exact) mass is 715 g/mol. The van der Waals surface area contributed by atoms with Gasteiger partial charge in [-0.25, -0.2) is 8.42 Å². The first-order valence-electron chi connectivity index (χ1n) is 14.0. The smallest absolute Gasteiger partial charge is 0.264 e. The van der Waals surface area contributed by atoms with Gasteiger partial charge in [-0.3, -0.25) is 13.9 Å². The molecule has 0 aliphatic heterocycles. The van der Waals surface area contributed by atoms with Crippen molar-refractivity contribution in [1.29, 1.82) is 0 Å². The first-order chi connectivity index (χ1) is 21.1. The Morgan fingerprint density at radius 3 is 2.16 bits per heavy atom. The van der Waals surface area contributed by atoms with Crippen LogP contribution in [0.1, 0.15) is 24.5 Å². The summed E-state index contributed by atoms with van der Waals surface area (Å²) in [6, 6.07) is 28.1. The summed E-state index contributed by atoms with van der Waals surface area (Å²) in [6.07, 6.45) is 0.935. The second-order valence-electron chi connectivity index (χ2n) is 10.1. The molecule has 1 N–H and O–H groups in total. The van der Waals surface area contributed by atoms with E-state index >= 15 is 0 Å². The van der Waals surface area contributed by atoms with Gasteiger partial charge in [-0.1, -0.05) is 107 Å². The molecule has 230 valence electrons. The Bertz CT molecular complexity index is 1690. The molecule has 44 heavy (non-hydrogen) atoms. The van der Waals surface area contributed by atoms with Crippen LogP contribution in [0.25, 0.3) is 0 Å². The SMILES string of the molecule is CCCNC(=O)[C@H](Cc1ccccc1)N(Cc1cccc(Br)c1)C(=O)CN(c1ccc(Cl)cc1Cl)S(=O)(=O)c1ccccc1. The highest BCUT2D eigenvalue weighted by Gasteiger charge is 2.35. The average Bonchev–Trinajstić information content (AvgIpc) is 3.01. The lowest BCUT2D eigenvalue weighted by Gasteiger charge is -2.34. The van der Waals surface area contributed by atoms with Crippen LogP contribution < -0.4 is 9.62 Å². The van der Waals surface area contributed by atoms with Gasteiger partial charge in [0.05, 0.1) is 15.6 Å². The number of anilines is 1. The van der Waals surface area contributed by atoms with Crippen molar-refractivity contribution in [1.82, 2.24) is 10.2 Å². The molecular weight excluding hydrogens is 685 g/mol. The molecule has 1 atom stereocenters. The second kappa shape index (κ2) is 15.6. The van der Waals surface area contributed by atoms with Crippen molar-refractivity contribution >= 4 is 66.7 Å². The number of benzene rings is 4. The molecule has 0 saturated carbocycles. The number of hydrogen-bond acceptors (Lipinski definition) is 4. The molecule has 7 nitrogen and oxygen atoms in total. The summed E-state index contributed by atoms with van der Waals surface area (Å²) >= 11 is 16.1. The third kappa shape index (κ3) is 8.63. The van der Waals surface area contributed by atoms with E-state index in [-0.39, 0.29) is 34.5 Å². The summed E-state index contributed by atoms with van der Waals surface area (Å²) in [4.78, 5) is 29.6. The Hall–Kier alpha value is -3.37. The lowest BCUT2D eigenvalue weighted by Crippen LogP contribution is -2.53. The molecule has 11 heteroatoms. The average molecular weight is 718 g/mol. The molecule has 0 fully saturated rings. The van der Waals surface area contributed by atoms with Gasteiger partial charge in [0.2, 0.25) is 11.8 Å². The Labute approximate surface area is 277 Å². The van der Waals surface area contributed by atoms with E-state index in [4.69, 9.17) is 23.2 Å². The fourth-order valence-electron chi connectivity index (χ4n) is 4.67. The highest BCUT2D eigenvalue weighted by molar-refractivity contribution is 9.10. The minimum atomic E-state index is -4.27. The zero-order valence-corrected chi connectivity index (χ0v) is 27.9. The molecule has 0 unspecified atom stereocenters. The number of carbonyl (C=O) groups excluding carboxylic acids is 2. The van der Waals surface area contributed by atoms with E-state index < -0.39 is 28.5 Å². The number of rotatable bonds is 13. The molecule has 0 bridgehead atoms. The Morgan fingerprint density at radius 2 is 1.52 bits per heavy atom. The van der Waals surface area contributed by atoms with Gasteiger partial charge in [-0.05, 0) is 60.0 Å². The van der Waals surface area contributed by atoms with Gasteiger partial charge in [0.1, 0.15) is 12.6 Å². The van der Waals surface area contributed by atoms with Crippen LogP contribution in [0, 0.1) is 0 Å². The Balaban J connectivity index is 1.81. The summed E-state index contributed by atoms with van der Waals surface area (Å²) in [7, 11) is -4.27. The van der Waals surface area contributed by atoms with Gasteiger partial charge in [0.25, 0.3) is 10.0 Å². The van der Waals surface area contributed by atoms with Crippen molar-refractivity contribution in [3.8, 4) is 0 Å². The number of hydrogen-bond donors (Lipinski definition) is 1. The van der Waals surface area contributed by atoms with Crippen LogP contribution in [0.15, 0.2) is 112 Å². The fraction of sp³-hybridized carbons (Fsp3) is 0.212. The maximum Gasteiger partial charge on any atom is 0.264 e. The summed E-state index contributed by atoms with van der Waals surface area (Å²) in [6.45, 7) is 1.82. The lowest BCUT2D eigenvalue weighted by molar-refractivity contribution is -0.140. The van der Waals surface area contributed by atoms with Gasteiger partial charge < -0.3 is 10.2 Å². The molecule has 4 rings (SSSR count). The van der Waals surface area contributed by atoms with Crippen molar-refractivity contribution < 1.29 is 18.0 Å². The van der Waals surface area contributed by atoms with Crippen LogP contribution in [0.2, 0.25) is 10.0 Å². The minimum absolute atomic E-state index is 0.0149. The topological polar surface area (TPSA) is 86.8 Å². The third-order valence-electron chi connectivity index (χ3n) is 6.85. The van der Waals surface area contributed by atoms with Crippen LogP contribution in [-0.2, 0) is 32.6 Å². The van der Waals surface area contributed by atoms with E-state index in [1.165, 1.54) is 35.2 Å². The fourth-order valence-corrected chi connectivity index (χ4v) is 7.13. The third-order valence-corrected chi connectivity index (χ3v) is 9.66. The molecular formula is C33H32BrCl2N3O4S. The first kappa shape index (κ1) is 33.5. The van der Waals surface area contributed by atoms with Gasteiger partial charge in [0, 0.05) is 29.0 Å². The molecule has 4 aromatic carbocycles. The van der Waals surface area contributed by atoms with Gasteiger partial charge in [-0.15, -0.1) is 0 Å². The molecule has 0 aromatic heterocycles. The van der Waals surface area contributed by atoms with Crippen molar-refractivity contribution in [3.63, 3.8) is 0 Å². The zero-order chi connectivity index (χ0) is 31.7. The largest absolute Gasteiger partial charge is 0.354 e. The second-order valence-corrected chi connectivity index (χ2v) is 13.7. The van der Waals surface area contributed by atoms with E-state index in [9.17, 15) is 18.0 Å².